The predicted octanol–water partition coefficient (Wildman–Crippen LogP) is 6.64. The number of anilines is 1. The van der Waals surface area contributed by atoms with Gasteiger partial charge in [0.05, 0.1) is 23.1 Å². The van der Waals surface area contributed by atoms with Crippen LogP contribution in [0.3, 0.4) is 0 Å². The Kier molecular flexibility index (Phi) is 5.80. The van der Waals surface area contributed by atoms with E-state index in [0.717, 1.165) is 25.7 Å². The number of nitrogens with one attached hydrogen (secondary N) is 3. The molecule has 4 aromatic heterocycles. The van der Waals surface area contributed by atoms with Gasteiger partial charge in [0.25, 0.3) is 0 Å². The summed E-state index contributed by atoms with van der Waals surface area (Å²) in [6.45, 7) is 0. The number of rotatable bonds is 5. The van der Waals surface area contributed by atoms with Crippen molar-refractivity contribution in [2.45, 2.75) is 25.7 Å². The number of benzene rings is 2. The van der Waals surface area contributed by atoms with E-state index in [-0.39, 0.29) is 23.2 Å². The molecular weight excluding hydrogens is 512 g/mol. The van der Waals surface area contributed by atoms with Crippen molar-refractivity contribution in [2.24, 2.45) is 5.92 Å². The van der Waals surface area contributed by atoms with Crippen molar-refractivity contribution in [3.05, 3.63) is 78.8 Å². The minimum atomic E-state index is -0.506. The molecule has 1 aliphatic rings. The van der Waals surface area contributed by atoms with Crippen LogP contribution in [-0.4, -0.2) is 36.0 Å². The fourth-order valence-electron chi connectivity index (χ4n) is 5.42. The lowest BCUT2D eigenvalue weighted by Gasteiger charge is -2.11. The molecule has 0 aliphatic heterocycles. The van der Waals surface area contributed by atoms with E-state index in [9.17, 15) is 9.18 Å². The zero-order chi connectivity index (χ0) is 27.2. The lowest BCUT2D eigenvalue weighted by Crippen LogP contribution is -2.20. The molecule has 198 valence electrons. The number of carbonyl (C=O) groups excluding carboxylic acids is 1. The van der Waals surface area contributed by atoms with Crippen molar-refractivity contribution in [1.82, 2.24) is 30.1 Å². The average molecular weight is 536 g/mol. The third-order valence-corrected chi connectivity index (χ3v) is 7.41. The van der Waals surface area contributed by atoms with Crippen LogP contribution in [0.25, 0.3) is 55.8 Å². The zero-order valence-electron chi connectivity index (χ0n) is 21.2. The highest BCUT2D eigenvalue weighted by molar-refractivity contribution is 5.98. The van der Waals surface area contributed by atoms with E-state index in [2.05, 4.69) is 30.5 Å². The van der Waals surface area contributed by atoms with Crippen molar-refractivity contribution in [1.29, 1.82) is 0 Å². The summed E-state index contributed by atoms with van der Waals surface area (Å²) in [4.78, 5) is 29.3. The van der Waals surface area contributed by atoms with Crippen molar-refractivity contribution < 1.29 is 13.6 Å². The Hall–Kier alpha value is -4.99. The molecule has 6 aromatic rings. The molecule has 2 aromatic carbocycles. The summed E-state index contributed by atoms with van der Waals surface area (Å²) in [5.41, 5.74) is 4.83. The first-order valence-corrected chi connectivity index (χ1v) is 13.1. The Morgan fingerprint density at radius 2 is 1.82 bits per heavy atom. The molecule has 1 aliphatic carbocycles. The molecule has 0 radical (unpaired) electrons. The molecule has 0 atom stereocenters. The fraction of sp³-hybridized carbons (Fsp3) is 0.167. The summed E-state index contributed by atoms with van der Waals surface area (Å²) in [5, 5.41) is 10.6. The predicted molar refractivity (Wildman–Crippen MR) is 148 cm³/mol. The number of fused-ring (bicyclic) bond motifs is 2. The van der Waals surface area contributed by atoms with Crippen LogP contribution >= 0.6 is 0 Å². The number of aromatic nitrogens is 6. The summed E-state index contributed by atoms with van der Waals surface area (Å²) >= 11 is 0. The van der Waals surface area contributed by atoms with Gasteiger partial charge in [-0.1, -0.05) is 25.0 Å². The van der Waals surface area contributed by atoms with E-state index in [1.165, 1.54) is 18.2 Å². The van der Waals surface area contributed by atoms with Gasteiger partial charge in [-0.3, -0.25) is 19.9 Å². The Morgan fingerprint density at radius 3 is 2.67 bits per heavy atom. The van der Waals surface area contributed by atoms with Gasteiger partial charge in [-0.15, -0.1) is 0 Å². The Morgan fingerprint density at radius 1 is 0.950 bits per heavy atom. The highest BCUT2D eigenvalue weighted by Crippen LogP contribution is 2.34. The van der Waals surface area contributed by atoms with Crippen LogP contribution in [0.2, 0.25) is 0 Å². The van der Waals surface area contributed by atoms with Crippen LogP contribution in [-0.2, 0) is 4.79 Å². The van der Waals surface area contributed by atoms with E-state index in [0.29, 0.717) is 56.0 Å². The van der Waals surface area contributed by atoms with Crippen molar-refractivity contribution in [2.75, 3.05) is 5.32 Å². The molecule has 1 amide bonds. The van der Waals surface area contributed by atoms with Gasteiger partial charge >= 0.3 is 0 Å². The number of halogens is 2. The molecule has 1 saturated carbocycles. The van der Waals surface area contributed by atoms with Gasteiger partial charge in [0.2, 0.25) is 5.91 Å². The standard InChI is InChI=1S/C30H23F2N7O/c31-20-7-3-6-17(10-20)25-28-24(8-9-34-25)36-29(37-28)27-22-12-18(13-23(32)26(22)38-39-27)19-11-21(15-33-14-19)35-30(40)16-4-1-2-5-16/h3,6-16H,1-2,4-5H2,(H,35,40)(H,36,37)(H,38,39). The number of imidazole rings is 1. The minimum absolute atomic E-state index is 0.00723. The van der Waals surface area contributed by atoms with Crippen LogP contribution in [0.15, 0.2) is 67.1 Å². The van der Waals surface area contributed by atoms with Crippen LogP contribution in [0.1, 0.15) is 25.7 Å². The Balaban J connectivity index is 1.27. The van der Waals surface area contributed by atoms with Crippen molar-refractivity contribution in [3.63, 3.8) is 0 Å². The van der Waals surface area contributed by atoms with Crippen molar-refractivity contribution in [3.8, 4) is 33.9 Å². The third kappa shape index (κ3) is 4.27. The average Bonchev–Trinajstić information content (AvgIpc) is 3.73. The molecule has 0 bridgehead atoms. The second-order valence-corrected chi connectivity index (χ2v) is 10.0. The van der Waals surface area contributed by atoms with Gasteiger partial charge in [0.15, 0.2) is 11.6 Å². The third-order valence-electron chi connectivity index (χ3n) is 7.41. The SMILES string of the molecule is O=C(Nc1cncc(-c2cc(F)c3n[nH]c(-c4nc5c(-c6cccc(F)c6)nccc5[nH]4)c3c2)c1)C1CCCC1. The van der Waals surface area contributed by atoms with Gasteiger partial charge in [0.1, 0.15) is 22.5 Å². The minimum Gasteiger partial charge on any atom is -0.337 e. The largest absolute Gasteiger partial charge is 0.337 e. The van der Waals surface area contributed by atoms with Gasteiger partial charge in [0, 0.05) is 34.8 Å². The highest BCUT2D eigenvalue weighted by Gasteiger charge is 2.23. The number of hydrogen-bond donors (Lipinski definition) is 3. The second kappa shape index (κ2) is 9.64. The molecule has 0 saturated heterocycles. The lowest BCUT2D eigenvalue weighted by molar-refractivity contribution is -0.119. The molecule has 0 unspecified atom stereocenters. The van der Waals surface area contributed by atoms with Gasteiger partial charge in [-0.25, -0.2) is 13.8 Å². The quantitative estimate of drug-likeness (QED) is 0.229. The molecule has 0 spiro atoms. The summed E-state index contributed by atoms with van der Waals surface area (Å²) < 4.78 is 29.2. The maximum absolute atomic E-state index is 15.3. The summed E-state index contributed by atoms with van der Waals surface area (Å²) in [7, 11) is 0. The van der Waals surface area contributed by atoms with E-state index >= 15 is 4.39 Å². The number of amides is 1. The summed E-state index contributed by atoms with van der Waals surface area (Å²) in [6, 6.07) is 12.9. The summed E-state index contributed by atoms with van der Waals surface area (Å²) in [5.74, 6) is -0.422. The number of carbonyl (C=O) groups is 1. The maximum Gasteiger partial charge on any atom is 0.227 e. The summed E-state index contributed by atoms with van der Waals surface area (Å²) in [6.07, 6.45) is 8.76. The first kappa shape index (κ1) is 24.1. The van der Waals surface area contributed by atoms with E-state index < -0.39 is 5.82 Å². The first-order chi connectivity index (χ1) is 19.5. The van der Waals surface area contributed by atoms with Crippen LogP contribution in [0.5, 0.6) is 0 Å². The van der Waals surface area contributed by atoms with E-state index in [4.69, 9.17) is 4.98 Å². The highest BCUT2D eigenvalue weighted by atomic mass is 19.1. The van der Waals surface area contributed by atoms with Crippen LogP contribution in [0.4, 0.5) is 14.5 Å². The van der Waals surface area contributed by atoms with Gasteiger partial charge in [-0.2, -0.15) is 5.10 Å². The number of pyridine rings is 2. The molecule has 10 heteroatoms. The van der Waals surface area contributed by atoms with Crippen LogP contribution in [0, 0.1) is 17.6 Å². The normalized spacial score (nSPS) is 13.8. The monoisotopic (exact) mass is 535 g/mol. The zero-order valence-corrected chi connectivity index (χ0v) is 21.2. The Labute approximate surface area is 226 Å². The molecule has 4 heterocycles. The van der Waals surface area contributed by atoms with E-state index in [1.54, 1.807) is 42.9 Å². The molecular formula is C30H23F2N7O. The number of hydrogen-bond acceptors (Lipinski definition) is 5. The number of aromatic amines is 2. The number of nitrogens with zero attached hydrogens (tertiary/aromatic N) is 4. The fourth-order valence-corrected chi connectivity index (χ4v) is 5.42. The maximum atomic E-state index is 15.3. The van der Waals surface area contributed by atoms with Crippen LogP contribution < -0.4 is 5.32 Å². The molecule has 8 nitrogen and oxygen atoms in total. The van der Waals surface area contributed by atoms with Gasteiger partial charge in [-0.05, 0) is 54.8 Å². The first-order valence-electron chi connectivity index (χ1n) is 13.1. The molecule has 1 fully saturated rings. The van der Waals surface area contributed by atoms with E-state index in [1.807, 2.05) is 6.07 Å². The molecule has 40 heavy (non-hydrogen) atoms. The topological polar surface area (TPSA) is 112 Å². The van der Waals surface area contributed by atoms with Crippen molar-refractivity contribution >= 4 is 33.5 Å². The van der Waals surface area contributed by atoms with Gasteiger partial charge < -0.3 is 10.3 Å². The molecule has 3 N–H and O–H groups in total. The Bertz CT molecular complexity index is 1910. The second-order valence-electron chi connectivity index (χ2n) is 10.0. The number of H-pyrrole nitrogens is 2. The lowest BCUT2D eigenvalue weighted by atomic mass is 10.0. The molecule has 7 rings (SSSR count). The smallest absolute Gasteiger partial charge is 0.227 e.